The fourth-order valence-corrected chi connectivity index (χ4v) is 1.79. The zero-order valence-electron chi connectivity index (χ0n) is 11.8. The summed E-state index contributed by atoms with van der Waals surface area (Å²) in [7, 11) is 3.17. The number of para-hydroxylation sites is 1. The zero-order chi connectivity index (χ0) is 14.4. The standard InChI is InChI=1S/C14H21FN2O2/c1-9(2)12(8-19-4)17-14(18)10-6-5-7-11(15)13(10)16-3/h5-7,9,12,16H,8H2,1-4H3,(H,17,18). The van der Waals surface area contributed by atoms with E-state index in [0.29, 0.717) is 12.2 Å². The summed E-state index contributed by atoms with van der Waals surface area (Å²) in [4.78, 5) is 12.2. The van der Waals surface area contributed by atoms with Gasteiger partial charge in [-0.25, -0.2) is 4.39 Å². The highest BCUT2D eigenvalue weighted by Crippen LogP contribution is 2.19. The van der Waals surface area contributed by atoms with Crippen molar-refractivity contribution >= 4 is 11.6 Å². The molecule has 1 unspecified atom stereocenters. The van der Waals surface area contributed by atoms with E-state index < -0.39 is 5.82 Å². The Balaban J connectivity index is 2.91. The summed E-state index contributed by atoms with van der Waals surface area (Å²) >= 11 is 0. The molecular weight excluding hydrogens is 247 g/mol. The maximum absolute atomic E-state index is 13.6. The lowest BCUT2D eigenvalue weighted by molar-refractivity contribution is 0.0867. The summed E-state index contributed by atoms with van der Waals surface area (Å²) < 4.78 is 18.7. The molecule has 0 fully saturated rings. The van der Waals surface area contributed by atoms with Crippen LogP contribution in [0.4, 0.5) is 10.1 Å². The molecule has 0 aliphatic heterocycles. The first-order chi connectivity index (χ1) is 9.01. The van der Waals surface area contributed by atoms with E-state index in [4.69, 9.17) is 4.74 Å². The lowest BCUT2D eigenvalue weighted by Gasteiger charge is -2.22. The van der Waals surface area contributed by atoms with Crippen LogP contribution in [0.2, 0.25) is 0 Å². The van der Waals surface area contributed by atoms with E-state index in [-0.39, 0.29) is 23.6 Å². The Hall–Kier alpha value is -1.62. The smallest absolute Gasteiger partial charge is 0.253 e. The maximum Gasteiger partial charge on any atom is 0.253 e. The van der Waals surface area contributed by atoms with E-state index in [1.54, 1.807) is 20.2 Å². The molecule has 1 aromatic carbocycles. The molecule has 0 saturated carbocycles. The number of hydrogen-bond donors (Lipinski definition) is 2. The van der Waals surface area contributed by atoms with Gasteiger partial charge in [0.05, 0.1) is 23.9 Å². The summed E-state index contributed by atoms with van der Waals surface area (Å²) in [5.74, 6) is -0.516. The third-order valence-electron chi connectivity index (χ3n) is 2.98. The predicted molar refractivity (Wildman–Crippen MR) is 73.9 cm³/mol. The molecule has 0 saturated heterocycles. The number of nitrogens with one attached hydrogen (secondary N) is 2. The molecule has 19 heavy (non-hydrogen) atoms. The summed E-state index contributed by atoms with van der Waals surface area (Å²) in [6, 6.07) is 4.32. The van der Waals surface area contributed by atoms with Crippen LogP contribution in [-0.2, 0) is 4.74 Å². The van der Waals surface area contributed by atoms with E-state index in [1.165, 1.54) is 12.1 Å². The van der Waals surface area contributed by atoms with E-state index in [2.05, 4.69) is 10.6 Å². The Labute approximate surface area is 113 Å². The van der Waals surface area contributed by atoms with Gasteiger partial charge in [0.25, 0.3) is 5.91 Å². The molecule has 0 spiro atoms. The molecule has 2 N–H and O–H groups in total. The van der Waals surface area contributed by atoms with Gasteiger partial charge in [0.2, 0.25) is 0 Å². The molecule has 0 radical (unpaired) electrons. The molecule has 1 atom stereocenters. The van der Waals surface area contributed by atoms with Crippen LogP contribution < -0.4 is 10.6 Å². The van der Waals surface area contributed by atoms with E-state index >= 15 is 0 Å². The number of carbonyl (C=O) groups excluding carboxylic acids is 1. The van der Waals surface area contributed by atoms with Crippen LogP contribution in [0.25, 0.3) is 0 Å². The normalized spacial score (nSPS) is 12.3. The number of methoxy groups -OCH3 is 1. The average molecular weight is 268 g/mol. The average Bonchev–Trinajstić information content (AvgIpc) is 2.37. The molecule has 0 aromatic heterocycles. The number of halogens is 1. The third kappa shape index (κ3) is 3.92. The first-order valence-electron chi connectivity index (χ1n) is 6.27. The quantitative estimate of drug-likeness (QED) is 0.832. The highest BCUT2D eigenvalue weighted by Gasteiger charge is 2.20. The van der Waals surface area contributed by atoms with Crippen LogP contribution in [0.3, 0.4) is 0 Å². The minimum absolute atomic E-state index is 0.106. The van der Waals surface area contributed by atoms with Crippen molar-refractivity contribution < 1.29 is 13.9 Å². The van der Waals surface area contributed by atoms with Gasteiger partial charge in [0, 0.05) is 14.2 Å². The number of ether oxygens (including phenoxy) is 1. The largest absolute Gasteiger partial charge is 0.385 e. The minimum atomic E-state index is -0.442. The molecule has 1 amide bonds. The Morgan fingerprint density at radius 2 is 2.11 bits per heavy atom. The zero-order valence-corrected chi connectivity index (χ0v) is 11.8. The van der Waals surface area contributed by atoms with E-state index in [0.717, 1.165) is 0 Å². The number of hydrogen-bond acceptors (Lipinski definition) is 3. The molecule has 0 bridgehead atoms. The summed E-state index contributed by atoms with van der Waals surface area (Å²) in [5.41, 5.74) is 0.504. The van der Waals surface area contributed by atoms with Crippen LogP contribution in [0.15, 0.2) is 18.2 Å². The van der Waals surface area contributed by atoms with Gasteiger partial charge in [-0.05, 0) is 18.1 Å². The fraction of sp³-hybridized carbons (Fsp3) is 0.500. The minimum Gasteiger partial charge on any atom is -0.385 e. The Morgan fingerprint density at radius 1 is 1.42 bits per heavy atom. The highest BCUT2D eigenvalue weighted by atomic mass is 19.1. The monoisotopic (exact) mass is 268 g/mol. The van der Waals surface area contributed by atoms with Crippen molar-refractivity contribution in [1.29, 1.82) is 0 Å². The van der Waals surface area contributed by atoms with Gasteiger partial charge in [0.1, 0.15) is 5.82 Å². The Morgan fingerprint density at radius 3 is 2.63 bits per heavy atom. The van der Waals surface area contributed by atoms with Crippen molar-refractivity contribution in [2.75, 3.05) is 26.1 Å². The fourth-order valence-electron chi connectivity index (χ4n) is 1.79. The lowest BCUT2D eigenvalue weighted by atomic mass is 10.0. The van der Waals surface area contributed by atoms with Crippen molar-refractivity contribution in [2.24, 2.45) is 5.92 Å². The van der Waals surface area contributed by atoms with Crippen molar-refractivity contribution in [1.82, 2.24) is 5.32 Å². The van der Waals surface area contributed by atoms with Gasteiger partial charge in [0.15, 0.2) is 0 Å². The van der Waals surface area contributed by atoms with Gasteiger partial charge in [-0.3, -0.25) is 4.79 Å². The number of rotatable bonds is 6. The topological polar surface area (TPSA) is 50.4 Å². The lowest BCUT2D eigenvalue weighted by Crippen LogP contribution is -2.41. The van der Waals surface area contributed by atoms with Gasteiger partial charge in [-0.1, -0.05) is 19.9 Å². The number of carbonyl (C=O) groups is 1. The molecule has 1 rings (SSSR count). The number of benzene rings is 1. The van der Waals surface area contributed by atoms with Crippen molar-refractivity contribution in [3.05, 3.63) is 29.6 Å². The molecule has 1 aromatic rings. The first-order valence-corrected chi connectivity index (χ1v) is 6.27. The Kier molecular flexibility index (Phi) is 5.76. The third-order valence-corrected chi connectivity index (χ3v) is 2.98. The van der Waals surface area contributed by atoms with Gasteiger partial charge >= 0.3 is 0 Å². The molecule has 0 heterocycles. The van der Waals surface area contributed by atoms with Crippen molar-refractivity contribution in [3.63, 3.8) is 0 Å². The van der Waals surface area contributed by atoms with E-state index in [9.17, 15) is 9.18 Å². The second kappa shape index (κ2) is 7.09. The van der Waals surface area contributed by atoms with Gasteiger partial charge < -0.3 is 15.4 Å². The number of anilines is 1. The maximum atomic E-state index is 13.6. The van der Waals surface area contributed by atoms with Crippen molar-refractivity contribution in [3.8, 4) is 0 Å². The molecular formula is C14H21FN2O2. The van der Waals surface area contributed by atoms with Crippen LogP contribution in [0.5, 0.6) is 0 Å². The van der Waals surface area contributed by atoms with Crippen LogP contribution in [0, 0.1) is 11.7 Å². The van der Waals surface area contributed by atoms with Gasteiger partial charge in [-0.2, -0.15) is 0 Å². The van der Waals surface area contributed by atoms with Crippen molar-refractivity contribution in [2.45, 2.75) is 19.9 Å². The number of amides is 1. The van der Waals surface area contributed by atoms with Crippen LogP contribution in [0.1, 0.15) is 24.2 Å². The highest BCUT2D eigenvalue weighted by molar-refractivity contribution is 5.99. The summed E-state index contributed by atoms with van der Waals surface area (Å²) in [5, 5.41) is 5.58. The van der Waals surface area contributed by atoms with Crippen LogP contribution in [-0.4, -0.2) is 32.7 Å². The summed E-state index contributed by atoms with van der Waals surface area (Å²) in [6.45, 7) is 4.41. The molecule has 4 nitrogen and oxygen atoms in total. The van der Waals surface area contributed by atoms with E-state index in [1.807, 2.05) is 13.8 Å². The second-order valence-electron chi connectivity index (χ2n) is 4.69. The first kappa shape index (κ1) is 15.4. The Bertz CT molecular complexity index is 435. The molecule has 5 heteroatoms. The molecule has 106 valence electrons. The molecule has 0 aliphatic rings. The molecule has 0 aliphatic carbocycles. The SMILES string of the molecule is CNc1c(F)cccc1C(=O)NC(COC)C(C)C. The summed E-state index contributed by atoms with van der Waals surface area (Å²) in [6.07, 6.45) is 0. The van der Waals surface area contributed by atoms with Crippen LogP contribution >= 0.6 is 0 Å². The van der Waals surface area contributed by atoms with Gasteiger partial charge in [-0.15, -0.1) is 0 Å². The predicted octanol–water partition coefficient (Wildman–Crippen LogP) is 2.27. The second-order valence-corrected chi connectivity index (χ2v) is 4.69.